The number of carbonyl (C=O) groups is 1. The molecule has 1 aromatic heterocycles. The van der Waals surface area contributed by atoms with E-state index in [0.717, 1.165) is 58.7 Å². The number of hydrogen-bond donors (Lipinski definition) is 1. The van der Waals surface area contributed by atoms with Crippen molar-refractivity contribution in [3.63, 3.8) is 0 Å². The predicted molar refractivity (Wildman–Crippen MR) is 166 cm³/mol. The molecule has 0 amide bonds. The molecule has 4 rings (SSSR count). The first-order valence-corrected chi connectivity index (χ1v) is 14.3. The van der Waals surface area contributed by atoms with Crippen molar-refractivity contribution in [1.82, 2.24) is 4.98 Å². The van der Waals surface area contributed by atoms with Gasteiger partial charge in [0.1, 0.15) is 11.6 Å². The molecule has 4 aromatic rings. The van der Waals surface area contributed by atoms with Crippen molar-refractivity contribution in [2.24, 2.45) is 10.8 Å². The molecule has 3 aromatic carbocycles. The maximum Gasteiger partial charge on any atom is 0.164 e. The third-order valence-electron chi connectivity index (χ3n) is 8.15. The molecule has 5 heteroatoms. The van der Waals surface area contributed by atoms with Crippen molar-refractivity contribution < 1.29 is 34.4 Å². The Bertz CT molecular complexity index is 1520. The molecule has 0 bridgehead atoms. The van der Waals surface area contributed by atoms with Crippen LogP contribution in [0, 0.1) is 22.7 Å². The molecule has 3 nitrogen and oxygen atoms in total. The Morgan fingerprint density at radius 3 is 2.20 bits per heavy atom. The quantitative estimate of drug-likeness (QED) is 0.0850. The molecule has 1 heterocycles. The van der Waals surface area contributed by atoms with Gasteiger partial charge >= 0.3 is 0 Å². The summed E-state index contributed by atoms with van der Waals surface area (Å²) in [6.07, 6.45) is 6.20. The molecule has 41 heavy (non-hydrogen) atoms. The van der Waals surface area contributed by atoms with Crippen LogP contribution in [0.15, 0.2) is 66.6 Å². The second-order valence-corrected chi connectivity index (χ2v) is 11.7. The Hall–Kier alpha value is -2.88. The average Bonchev–Trinajstić information content (AvgIpc) is 2.96. The van der Waals surface area contributed by atoms with Crippen LogP contribution in [0.1, 0.15) is 79.4 Å². The predicted octanol–water partition coefficient (Wildman–Crippen LogP) is 9.99. The number of halogens is 1. The molecular formula is C36H43FIrNO2-. The molecule has 0 fully saturated rings. The fraction of sp³-hybridized carbons (Fsp3) is 0.389. The Balaban J connectivity index is 0.000000320. The Morgan fingerprint density at radius 1 is 0.927 bits per heavy atom. The number of carbonyl (C=O) groups excluding carboxylic acids is 1. The van der Waals surface area contributed by atoms with Gasteiger partial charge < -0.3 is 10.1 Å². The normalized spacial score (nSPS) is 12.1. The van der Waals surface area contributed by atoms with Crippen LogP contribution in [0.3, 0.4) is 0 Å². The van der Waals surface area contributed by atoms with Crippen LogP contribution in [-0.4, -0.2) is 15.9 Å². The summed E-state index contributed by atoms with van der Waals surface area (Å²) in [5.41, 5.74) is 3.47. The fourth-order valence-corrected chi connectivity index (χ4v) is 4.28. The smallest absolute Gasteiger partial charge is 0.164 e. The summed E-state index contributed by atoms with van der Waals surface area (Å²) in [4.78, 5) is 16.3. The number of allylic oxidation sites excluding steroid dienone is 2. The first-order valence-electron chi connectivity index (χ1n) is 14.3. The van der Waals surface area contributed by atoms with Crippen LogP contribution >= 0.6 is 0 Å². The van der Waals surface area contributed by atoms with E-state index in [0.29, 0.717) is 5.39 Å². The number of nitrogens with zero attached hydrogens (tertiary/aromatic N) is 1. The number of ketones is 1. The number of aliphatic hydroxyl groups is 1. The number of aromatic nitrogens is 1. The molecule has 0 saturated carbocycles. The average molecular weight is 733 g/mol. The topological polar surface area (TPSA) is 50.2 Å². The van der Waals surface area contributed by atoms with Gasteiger partial charge in [-0.25, -0.2) is 4.39 Å². The minimum absolute atomic E-state index is 0. The molecule has 0 spiro atoms. The molecule has 0 aliphatic carbocycles. The Morgan fingerprint density at radius 2 is 1.59 bits per heavy atom. The molecule has 0 aliphatic heterocycles. The molecule has 1 N–H and O–H groups in total. The van der Waals surface area contributed by atoms with Crippen LogP contribution < -0.4 is 0 Å². The van der Waals surface area contributed by atoms with E-state index in [-0.39, 0.29) is 48.3 Å². The van der Waals surface area contributed by atoms with Gasteiger partial charge in [0.05, 0.1) is 6.20 Å². The second kappa shape index (κ2) is 14.3. The maximum atomic E-state index is 14.6. The van der Waals surface area contributed by atoms with Crippen molar-refractivity contribution in [2.75, 3.05) is 0 Å². The summed E-state index contributed by atoms with van der Waals surface area (Å²) in [6, 6.07) is 19.7. The van der Waals surface area contributed by atoms with Crippen molar-refractivity contribution in [1.29, 1.82) is 0 Å². The van der Waals surface area contributed by atoms with E-state index in [1.807, 2.05) is 77.9 Å². The number of fused-ring (bicyclic) bond motifs is 3. The molecule has 221 valence electrons. The molecule has 0 aliphatic rings. The zero-order chi connectivity index (χ0) is 29.7. The monoisotopic (exact) mass is 733 g/mol. The number of hydrogen-bond acceptors (Lipinski definition) is 3. The van der Waals surface area contributed by atoms with Gasteiger partial charge in [-0.1, -0.05) is 91.8 Å². The third kappa shape index (κ3) is 7.90. The zero-order valence-corrected chi connectivity index (χ0v) is 28.0. The molecule has 1 radical (unpaired) electrons. The van der Waals surface area contributed by atoms with E-state index >= 15 is 0 Å². The van der Waals surface area contributed by atoms with E-state index < -0.39 is 0 Å². The molecule has 0 atom stereocenters. The minimum atomic E-state index is -0.377. The van der Waals surface area contributed by atoms with Gasteiger partial charge in [-0.3, -0.25) is 4.79 Å². The van der Waals surface area contributed by atoms with Crippen molar-refractivity contribution in [3.8, 4) is 11.3 Å². The van der Waals surface area contributed by atoms with Crippen LogP contribution in [0.25, 0.3) is 32.8 Å². The number of aliphatic hydroxyl groups excluding tert-OH is 1. The summed E-state index contributed by atoms with van der Waals surface area (Å²) in [5, 5.41) is 13.3. The van der Waals surface area contributed by atoms with Crippen LogP contribution in [0.2, 0.25) is 0 Å². The van der Waals surface area contributed by atoms with Gasteiger partial charge in [-0.05, 0) is 47.5 Å². The first-order chi connectivity index (χ1) is 18.9. The zero-order valence-electron chi connectivity index (χ0n) is 25.6. The van der Waals surface area contributed by atoms with E-state index in [1.54, 1.807) is 0 Å². The number of benzene rings is 3. The van der Waals surface area contributed by atoms with E-state index in [2.05, 4.69) is 37.0 Å². The second-order valence-electron chi connectivity index (χ2n) is 11.7. The Kier molecular flexibility index (Phi) is 12.0. The first kappa shape index (κ1) is 34.3. The summed E-state index contributed by atoms with van der Waals surface area (Å²) in [7, 11) is 0. The van der Waals surface area contributed by atoms with Gasteiger partial charge in [0.2, 0.25) is 0 Å². The van der Waals surface area contributed by atoms with E-state index in [4.69, 9.17) is 0 Å². The van der Waals surface area contributed by atoms with Gasteiger partial charge in [0.15, 0.2) is 5.78 Å². The molecule has 0 saturated heterocycles. The number of pyridine rings is 1. The maximum absolute atomic E-state index is 14.6. The number of rotatable bonds is 8. The van der Waals surface area contributed by atoms with Crippen molar-refractivity contribution in [3.05, 3.63) is 89.6 Å². The van der Waals surface area contributed by atoms with E-state index in [1.165, 1.54) is 17.8 Å². The van der Waals surface area contributed by atoms with E-state index in [9.17, 15) is 14.3 Å². The summed E-state index contributed by atoms with van der Waals surface area (Å²) in [5.74, 6) is -0.0848. The standard InChI is InChI=1S/C23H19FN.C13H24O2.Ir/c1-3-15-11-16(4-2)13-18(12-15)23-20-10-9-17-7-5-6-8-19(17)22(20)21(24)14-25-23;1-7-12(3,4)10(14)9-11(15)13(5,6)8-2;/h5-12,14H,3-4H2,1-2H3;9,14H,7-8H2,1-6H3;/q-1;;/b;10-9-;. The van der Waals surface area contributed by atoms with Gasteiger partial charge in [-0.15, -0.1) is 34.9 Å². The van der Waals surface area contributed by atoms with Gasteiger partial charge in [0.25, 0.3) is 0 Å². The van der Waals surface area contributed by atoms with Gasteiger partial charge in [-0.2, -0.15) is 0 Å². The van der Waals surface area contributed by atoms with Crippen molar-refractivity contribution in [2.45, 2.75) is 81.1 Å². The largest absolute Gasteiger partial charge is 0.512 e. The van der Waals surface area contributed by atoms with Crippen molar-refractivity contribution >= 4 is 27.3 Å². The summed E-state index contributed by atoms with van der Waals surface area (Å²) >= 11 is 0. The summed E-state index contributed by atoms with van der Waals surface area (Å²) < 4.78 is 14.6. The van der Waals surface area contributed by atoms with Crippen LogP contribution in [0.4, 0.5) is 4.39 Å². The molecule has 0 unspecified atom stereocenters. The number of aryl methyl sites for hydroxylation is 2. The summed E-state index contributed by atoms with van der Waals surface area (Å²) in [6.45, 7) is 15.9. The SMILES string of the molecule is CCC(C)(C)C(=O)/C=C(\O)C(C)(C)CC.CCc1[c-]c(-c2ncc(F)c3c2ccc2ccccc23)cc(CC)c1.[Ir]. The fourth-order valence-electron chi connectivity index (χ4n) is 4.28. The Labute approximate surface area is 258 Å². The van der Waals surface area contributed by atoms with Crippen LogP contribution in [0.5, 0.6) is 0 Å². The molecular weight excluding hydrogens is 690 g/mol. The van der Waals surface area contributed by atoms with Crippen LogP contribution in [-0.2, 0) is 37.7 Å². The minimum Gasteiger partial charge on any atom is -0.512 e. The third-order valence-corrected chi connectivity index (χ3v) is 8.15. The van der Waals surface area contributed by atoms with Gasteiger partial charge in [0, 0.05) is 42.4 Å².